The van der Waals surface area contributed by atoms with Gasteiger partial charge in [-0.2, -0.15) is 0 Å². The molecule has 1 aliphatic heterocycles. The van der Waals surface area contributed by atoms with Gasteiger partial charge in [-0.25, -0.2) is 4.98 Å². The summed E-state index contributed by atoms with van der Waals surface area (Å²) in [5.41, 5.74) is 8.75. The van der Waals surface area contributed by atoms with Gasteiger partial charge in [-0.05, 0) is 6.07 Å². The maximum atomic E-state index is 11.3. The Balaban J connectivity index is 1.89. The number of aryl methyl sites for hydroxylation is 1. The second-order valence-corrected chi connectivity index (χ2v) is 7.27. The Morgan fingerprint density at radius 3 is 2.83 bits per heavy atom. The first-order chi connectivity index (χ1) is 14.0. The quantitative estimate of drug-likeness (QED) is 0.683. The van der Waals surface area contributed by atoms with Crippen LogP contribution in [0.25, 0.3) is 22.2 Å². The molecule has 1 fully saturated rings. The molecule has 0 saturated carbocycles. The molecular weight excluding hydrogens is 372 g/mol. The summed E-state index contributed by atoms with van der Waals surface area (Å²) in [6.07, 6.45) is 4.56. The van der Waals surface area contributed by atoms with Crippen molar-refractivity contribution in [1.82, 2.24) is 14.5 Å². The molecule has 8 nitrogen and oxygen atoms in total. The van der Waals surface area contributed by atoms with E-state index in [2.05, 4.69) is 4.98 Å². The van der Waals surface area contributed by atoms with Crippen LogP contribution in [-0.4, -0.2) is 47.9 Å². The van der Waals surface area contributed by atoms with Gasteiger partial charge in [-0.3, -0.25) is 9.78 Å². The van der Waals surface area contributed by atoms with Crippen molar-refractivity contribution < 1.29 is 19.0 Å². The number of hydrogen-bond donors (Lipinski definition) is 1. The van der Waals surface area contributed by atoms with Gasteiger partial charge in [0.1, 0.15) is 11.4 Å². The summed E-state index contributed by atoms with van der Waals surface area (Å²) in [6.45, 7) is 1.07. The highest BCUT2D eigenvalue weighted by atomic mass is 16.5. The summed E-state index contributed by atoms with van der Waals surface area (Å²) in [4.78, 5) is 20.6. The molecule has 0 aromatic carbocycles. The minimum atomic E-state index is -0.591. The molecule has 8 heteroatoms. The third-order valence-electron chi connectivity index (χ3n) is 5.44. The lowest BCUT2D eigenvalue weighted by Crippen LogP contribution is -2.30. The Hall–Kier alpha value is -2.97. The van der Waals surface area contributed by atoms with Crippen molar-refractivity contribution >= 4 is 16.8 Å². The van der Waals surface area contributed by atoms with Gasteiger partial charge in [0.2, 0.25) is 5.91 Å². The number of hydrogen-bond acceptors (Lipinski definition) is 6. The van der Waals surface area contributed by atoms with Gasteiger partial charge < -0.3 is 24.5 Å². The number of carbonyl (C=O) groups excluding carboxylic acids is 1. The highest BCUT2D eigenvalue weighted by molar-refractivity contribution is 5.95. The van der Waals surface area contributed by atoms with Crippen molar-refractivity contribution in [1.29, 1.82) is 0 Å². The van der Waals surface area contributed by atoms with E-state index >= 15 is 0 Å². The molecule has 0 bridgehead atoms. The number of nitrogens with two attached hydrogens (primary N) is 1. The van der Waals surface area contributed by atoms with Crippen molar-refractivity contribution in [2.24, 2.45) is 12.8 Å². The molecule has 1 amide bonds. The standard InChI is InChI=1S/C21H24N4O4/c1-25-11-16(15-6-13(7-20(22)26)23-10-18(15)25)17-8-14(27-2)9-19(24-17)21(28-3)4-5-29-12-21/h6,8-11H,4-5,7,12H2,1-3H3,(H2,22,26)/t21-/m1/s1. The fourth-order valence-corrected chi connectivity index (χ4v) is 3.81. The van der Waals surface area contributed by atoms with Crippen LogP contribution in [-0.2, 0) is 33.3 Å². The van der Waals surface area contributed by atoms with Crippen molar-refractivity contribution in [2.45, 2.75) is 18.4 Å². The lowest BCUT2D eigenvalue weighted by molar-refractivity contribution is -0.117. The van der Waals surface area contributed by atoms with Crippen LogP contribution in [0, 0.1) is 0 Å². The predicted molar refractivity (Wildman–Crippen MR) is 108 cm³/mol. The predicted octanol–water partition coefficient (Wildman–Crippen LogP) is 1.93. The molecule has 1 aliphatic rings. The molecule has 152 valence electrons. The number of fused-ring (bicyclic) bond motifs is 1. The normalized spacial score (nSPS) is 19.0. The van der Waals surface area contributed by atoms with Crippen LogP contribution in [0.1, 0.15) is 17.8 Å². The van der Waals surface area contributed by atoms with Gasteiger partial charge in [-0.1, -0.05) is 0 Å². The second-order valence-electron chi connectivity index (χ2n) is 7.27. The number of methoxy groups -OCH3 is 2. The molecular formula is C21H24N4O4. The van der Waals surface area contributed by atoms with Gasteiger partial charge in [0.25, 0.3) is 0 Å². The van der Waals surface area contributed by atoms with Gasteiger partial charge in [0, 0.05) is 56.5 Å². The van der Waals surface area contributed by atoms with Crippen LogP contribution in [0.2, 0.25) is 0 Å². The van der Waals surface area contributed by atoms with Gasteiger partial charge in [-0.15, -0.1) is 0 Å². The first-order valence-corrected chi connectivity index (χ1v) is 9.38. The Kier molecular flexibility index (Phi) is 4.97. The maximum Gasteiger partial charge on any atom is 0.223 e. The van der Waals surface area contributed by atoms with Crippen molar-refractivity contribution in [3.63, 3.8) is 0 Å². The van der Waals surface area contributed by atoms with E-state index in [4.69, 9.17) is 24.9 Å². The third kappa shape index (κ3) is 3.45. The Bertz CT molecular complexity index is 1070. The summed E-state index contributed by atoms with van der Waals surface area (Å²) in [6, 6.07) is 5.68. The number of aromatic nitrogens is 3. The summed E-state index contributed by atoms with van der Waals surface area (Å²) in [7, 11) is 5.25. The molecule has 0 aliphatic carbocycles. The van der Waals surface area contributed by atoms with Gasteiger partial charge >= 0.3 is 0 Å². The smallest absolute Gasteiger partial charge is 0.223 e. The molecule has 2 N–H and O–H groups in total. The van der Waals surface area contributed by atoms with E-state index < -0.39 is 11.5 Å². The fraction of sp³-hybridized carbons (Fsp3) is 0.381. The van der Waals surface area contributed by atoms with Crippen LogP contribution < -0.4 is 10.5 Å². The molecule has 0 radical (unpaired) electrons. The van der Waals surface area contributed by atoms with Crippen LogP contribution in [0.4, 0.5) is 0 Å². The molecule has 0 unspecified atom stereocenters. The number of ether oxygens (including phenoxy) is 3. The maximum absolute atomic E-state index is 11.3. The summed E-state index contributed by atoms with van der Waals surface area (Å²) in [5.74, 6) is 0.274. The van der Waals surface area contributed by atoms with E-state index in [9.17, 15) is 4.79 Å². The molecule has 4 heterocycles. The Morgan fingerprint density at radius 1 is 1.34 bits per heavy atom. The van der Waals surface area contributed by atoms with Crippen molar-refractivity contribution in [2.75, 3.05) is 27.4 Å². The van der Waals surface area contributed by atoms with Crippen LogP contribution in [0.15, 0.2) is 30.6 Å². The minimum Gasteiger partial charge on any atom is -0.497 e. The third-order valence-corrected chi connectivity index (χ3v) is 5.44. The number of rotatable bonds is 6. The van der Waals surface area contributed by atoms with E-state index in [0.29, 0.717) is 24.7 Å². The number of nitrogens with zero attached hydrogens (tertiary/aromatic N) is 3. The van der Waals surface area contributed by atoms with E-state index in [0.717, 1.165) is 34.3 Å². The second kappa shape index (κ2) is 7.46. The highest BCUT2D eigenvalue weighted by Gasteiger charge is 2.39. The summed E-state index contributed by atoms with van der Waals surface area (Å²) < 4.78 is 18.9. The zero-order valence-corrected chi connectivity index (χ0v) is 16.8. The molecule has 3 aromatic rings. The molecule has 29 heavy (non-hydrogen) atoms. The van der Waals surface area contributed by atoms with Crippen LogP contribution in [0.3, 0.4) is 0 Å². The average molecular weight is 396 g/mol. The van der Waals surface area contributed by atoms with Gasteiger partial charge in [0.05, 0.1) is 48.9 Å². The number of primary amides is 1. The van der Waals surface area contributed by atoms with Crippen LogP contribution in [0.5, 0.6) is 5.75 Å². The molecule has 4 rings (SSSR count). The number of amides is 1. The monoisotopic (exact) mass is 396 g/mol. The zero-order chi connectivity index (χ0) is 20.6. The lowest BCUT2D eigenvalue weighted by atomic mass is 9.96. The zero-order valence-electron chi connectivity index (χ0n) is 16.8. The Labute approximate surface area is 168 Å². The molecule has 1 saturated heterocycles. The first-order valence-electron chi connectivity index (χ1n) is 9.38. The topological polar surface area (TPSA) is 101 Å². The van der Waals surface area contributed by atoms with Gasteiger partial charge in [0.15, 0.2) is 0 Å². The van der Waals surface area contributed by atoms with E-state index in [1.54, 1.807) is 20.4 Å². The average Bonchev–Trinajstić information content (AvgIpc) is 3.33. The molecule has 1 atom stereocenters. The number of pyridine rings is 2. The van der Waals surface area contributed by atoms with Crippen molar-refractivity contribution in [3.8, 4) is 17.0 Å². The minimum absolute atomic E-state index is 0.0885. The van der Waals surface area contributed by atoms with E-state index in [-0.39, 0.29) is 6.42 Å². The first kappa shape index (κ1) is 19.4. The van der Waals surface area contributed by atoms with E-state index in [1.807, 2.05) is 36.0 Å². The Morgan fingerprint density at radius 2 is 2.17 bits per heavy atom. The molecule has 0 spiro atoms. The summed E-state index contributed by atoms with van der Waals surface area (Å²) >= 11 is 0. The molecule has 3 aromatic heterocycles. The SMILES string of the molecule is COc1cc(-c2cn(C)c3cnc(CC(N)=O)cc23)nc([C@@]2(OC)CCOC2)c1. The number of carbonyl (C=O) groups is 1. The highest BCUT2D eigenvalue weighted by Crippen LogP contribution is 2.37. The van der Waals surface area contributed by atoms with E-state index in [1.165, 1.54) is 0 Å². The fourth-order valence-electron chi connectivity index (χ4n) is 3.81. The van der Waals surface area contributed by atoms with Crippen LogP contribution >= 0.6 is 0 Å². The van der Waals surface area contributed by atoms with Crippen molar-refractivity contribution in [3.05, 3.63) is 42.0 Å². The lowest BCUT2D eigenvalue weighted by Gasteiger charge is -2.26. The largest absolute Gasteiger partial charge is 0.497 e. The summed E-state index contributed by atoms with van der Waals surface area (Å²) in [5, 5.41) is 0.944.